The van der Waals surface area contributed by atoms with Crippen LogP contribution in [0.15, 0.2) is 53.6 Å². The molecule has 1 atom stereocenters. The molecule has 4 rings (SSSR count). The lowest BCUT2D eigenvalue weighted by molar-refractivity contribution is -0.140. The topological polar surface area (TPSA) is 92.4 Å². The average Bonchev–Trinajstić information content (AvgIpc) is 3.18. The maximum atomic E-state index is 13.1. The van der Waals surface area contributed by atoms with Crippen LogP contribution in [0.3, 0.4) is 0 Å². The van der Waals surface area contributed by atoms with Gasteiger partial charge in [-0.1, -0.05) is 6.07 Å². The van der Waals surface area contributed by atoms with Gasteiger partial charge in [-0.3, -0.25) is 9.89 Å². The number of fused-ring (bicyclic) bond motifs is 1. The average molecular weight is 403 g/mol. The number of aromatic amines is 1. The Hall–Kier alpha value is -2.78. The van der Waals surface area contributed by atoms with Crippen LogP contribution in [-0.2, 0) is 14.8 Å². The van der Waals surface area contributed by atoms with Crippen LogP contribution in [0.1, 0.15) is 12.8 Å². The highest BCUT2D eigenvalue weighted by molar-refractivity contribution is 7.89. The summed E-state index contributed by atoms with van der Waals surface area (Å²) < 4.78 is 45.5. The molecule has 1 N–H and O–H groups in total. The molecule has 2 aromatic carbocycles. The highest BCUT2D eigenvalue weighted by Gasteiger charge is 2.34. The van der Waals surface area contributed by atoms with E-state index >= 15 is 0 Å². The Labute approximate surface area is 161 Å². The van der Waals surface area contributed by atoms with Gasteiger partial charge in [0.05, 0.1) is 27.9 Å². The third-order valence-electron chi connectivity index (χ3n) is 4.82. The third-order valence-corrected chi connectivity index (χ3v) is 6.70. The Bertz CT molecular complexity index is 1110. The molecule has 0 radical (unpaired) electrons. The van der Waals surface area contributed by atoms with Crippen molar-refractivity contribution in [2.75, 3.05) is 13.1 Å². The Balaban J connectivity index is 1.51. The van der Waals surface area contributed by atoms with E-state index < -0.39 is 27.7 Å². The number of benzene rings is 2. The molecule has 1 saturated heterocycles. The first-order valence-corrected chi connectivity index (χ1v) is 10.3. The van der Waals surface area contributed by atoms with Crippen molar-refractivity contribution in [2.45, 2.75) is 17.7 Å². The van der Waals surface area contributed by atoms with E-state index in [-0.39, 0.29) is 11.4 Å². The van der Waals surface area contributed by atoms with Crippen molar-refractivity contribution in [2.24, 2.45) is 5.92 Å². The van der Waals surface area contributed by atoms with Gasteiger partial charge in [0, 0.05) is 13.1 Å². The molecule has 146 valence electrons. The van der Waals surface area contributed by atoms with Gasteiger partial charge in [-0.2, -0.15) is 9.40 Å². The Morgan fingerprint density at radius 3 is 2.79 bits per heavy atom. The summed E-state index contributed by atoms with van der Waals surface area (Å²) in [5.74, 6) is -1.18. The Morgan fingerprint density at radius 1 is 1.21 bits per heavy atom. The first-order chi connectivity index (χ1) is 13.4. The number of hydrogen-bond donors (Lipinski definition) is 1. The van der Waals surface area contributed by atoms with Gasteiger partial charge < -0.3 is 4.74 Å². The minimum atomic E-state index is -3.80. The summed E-state index contributed by atoms with van der Waals surface area (Å²) >= 11 is 0. The van der Waals surface area contributed by atoms with Crippen molar-refractivity contribution in [3.8, 4) is 5.75 Å². The second-order valence-corrected chi connectivity index (χ2v) is 8.60. The van der Waals surface area contributed by atoms with Gasteiger partial charge in [0.1, 0.15) is 11.6 Å². The van der Waals surface area contributed by atoms with Crippen LogP contribution in [0.2, 0.25) is 0 Å². The molecular weight excluding hydrogens is 385 g/mol. The number of carbonyl (C=O) groups excluding carboxylic acids is 1. The van der Waals surface area contributed by atoms with Crippen LogP contribution in [0.4, 0.5) is 4.39 Å². The molecule has 0 amide bonds. The van der Waals surface area contributed by atoms with Crippen LogP contribution in [0.5, 0.6) is 5.75 Å². The molecule has 1 aromatic heterocycles. The lowest BCUT2D eigenvalue weighted by Gasteiger charge is -2.30. The number of H-pyrrole nitrogens is 1. The zero-order valence-corrected chi connectivity index (χ0v) is 15.7. The quantitative estimate of drug-likeness (QED) is 0.534. The molecule has 1 aliphatic heterocycles. The maximum absolute atomic E-state index is 13.1. The van der Waals surface area contributed by atoms with E-state index in [2.05, 4.69) is 10.2 Å². The lowest BCUT2D eigenvalue weighted by atomic mass is 10.00. The molecule has 0 spiro atoms. The first kappa shape index (κ1) is 18.6. The molecule has 0 saturated carbocycles. The van der Waals surface area contributed by atoms with E-state index in [1.54, 1.807) is 18.3 Å². The SMILES string of the molecule is O=C(Oc1cccc2[nH]ncc12)C1CCCN(S(=O)(=O)c2ccc(F)cc2)C1. The number of hydrogen-bond acceptors (Lipinski definition) is 5. The van der Waals surface area contributed by atoms with Gasteiger partial charge in [0.25, 0.3) is 0 Å². The lowest BCUT2D eigenvalue weighted by Crippen LogP contribution is -2.43. The van der Waals surface area contributed by atoms with E-state index in [1.807, 2.05) is 6.07 Å². The normalized spacial score (nSPS) is 18.2. The fourth-order valence-corrected chi connectivity index (χ4v) is 4.85. The van der Waals surface area contributed by atoms with Crippen molar-refractivity contribution in [3.05, 3.63) is 54.5 Å². The number of halogens is 1. The van der Waals surface area contributed by atoms with Crippen LogP contribution in [-0.4, -0.2) is 42.0 Å². The fourth-order valence-electron chi connectivity index (χ4n) is 3.33. The highest BCUT2D eigenvalue weighted by atomic mass is 32.2. The van der Waals surface area contributed by atoms with Gasteiger partial charge in [-0.25, -0.2) is 12.8 Å². The molecule has 1 unspecified atom stereocenters. The summed E-state index contributed by atoms with van der Waals surface area (Å²) in [6.07, 6.45) is 2.65. The van der Waals surface area contributed by atoms with E-state index in [4.69, 9.17) is 4.74 Å². The van der Waals surface area contributed by atoms with Crippen molar-refractivity contribution in [1.82, 2.24) is 14.5 Å². The predicted octanol–water partition coefficient (Wildman–Crippen LogP) is 2.71. The van der Waals surface area contributed by atoms with Gasteiger partial charge >= 0.3 is 5.97 Å². The molecule has 1 aliphatic rings. The second kappa shape index (κ2) is 7.33. The number of nitrogens with zero attached hydrogens (tertiary/aromatic N) is 2. The predicted molar refractivity (Wildman–Crippen MR) is 99.6 cm³/mol. The van der Waals surface area contributed by atoms with Crippen molar-refractivity contribution in [3.63, 3.8) is 0 Å². The number of nitrogens with one attached hydrogen (secondary N) is 1. The number of carbonyl (C=O) groups is 1. The molecular formula is C19H18FN3O4S. The monoisotopic (exact) mass is 403 g/mol. The summed E-state index contributed by atoms with van der Waals surface area (Å²) in [7, 11) is -3.80. The highest BCUT2D eigenvalue weighted by Crippen LogP contribution is 2.28. The molecule has 2 heterocycles. The summed E-state index contributed by atoms with van der Waals surface area (Å²) in [6, 6.07) is 9.90. The van der Waals surface area contributed by atoms with Gasteiger partial charge in [0.2, 0.25) is 10.0 Å². The largest absolute Gasteiger partial charge is 0.425 e. The van der Waals surface area contributed by atoms with E-state index in [0.29, 0.717) is 30.5 Å². The van der Waals surface area contributed by atoms with Crippen LogP contribution in [0.25, 0.3) is 10.9 Å². The van der Waals surface area contributed by atoms with E-state index in [1.165, 1.54) is 16.4 Å². The summed E-state index contributed by atoms with van der Waals surface area (Å²) in [6.45, 7) is 0.334. The Morgan fingerprint density at radius 2 is 2.00 bits per heavy atom. The van der Waals surface area contributed by atoms with Crippen LogP contribution in [0, 0.1) is 11.7 Å². The van der Waals surface area contributed by atoms with Gasteiger partial charge in [-0.05, 0) is 49.2 Å². The number of esters is 1. The Kier molecular flexibility index (Phi) is 4.86. The minimum absolute atomic E-state index is 0.00563. The first-order valence-electron chi connectivity index (χ1n) is 8.84. The van der Waals surface area contributed by atoms with Crippen LogP contribution >= 0.6 is 0 Å². The standard InChI is InChI=1S/C19H18FN3O4S/c20-14-6-8-15(9-7-14)28(25,26)23-10-2-3-13(12-23)19(24)27-18-5-1-4-17-16(18)11-21-22-17/h1,4-9,11,13H,2-3,10,12H2,(H,21,22). The smallest absolute Gasteiger partial charge is 0.315 e. The molecule has 28 heavy (non-hydrogen) atoms. The van der Waals surface area contributed by atoms with E-state index in [0.717, 1.165) is 17.6 Å². The number of sulfonamides is 1. The van der Waals surface area contributed by atoms with Crippen molar-refractivity contribution < 1.29 is 22.3 Å². The van der Waals surface area contributed by atoms with Crippen molar-refractivity contribution >= 4 is 26.9 Å². The van der Waals surface area contributed by atoms with Gasteiger partial charge in [-0.15, -0.1) is 0 Å². The van der Waals surface area contributed by atoms with Crippen LogP contribution < -0.4 is 4.74 Å². The summed E-state index contributed by atoms with van der Waals surface area (Å²) in [4.78, 5) is 12.7. The second-order valence-electron chi connectivity index (χ2n) is 6.66. The third kappa shape index (κ3) is 3.50. The maximum Gasteiger partial charge on any atom is 0.315 e. The summed E-state index contributed by atoms with van der Waals surface area (Å²) in [5.41, 5.74) is 0.745. The summed E-state index contributed by atoms with van der Waals surface area (Å²) in [5, 5.41) is 7.42. The number of aromatic nitrogens is 2. The molecule has 3 aromatic rings. The number of piperidine rings is 1. The van der Waals surface area contributed by atoms with Gasteiger partial charge in [0.15, 0.2) is 0 Å². The molecule has 1 fully saturated rings. The zero-order chi connectivity index (χ0) is 19.7. The van der Waals surface area contributed by atoms with E-state index in [9.17, 15) is 17.6 Å². The number of ether oxygens (including phenoxy) is 1. The minimum Gasteiger partial charge on any atom is -0.425 e. The zero-order valence-electron chi connectivity index (χ0n) is 14.8. The number of rotatable bonds is 4. The molecule has 0 bridgehead atoms. The molecule has 0 aliphatic carbocycles. The molecule has 7 nitrogen and oxygen atoms in total. The molecule has 9 heteroatoms. The van der Waals surface area contributed by atoms with Crippen molar-refractivity contribution in [1.29, 1.82) is 0 Å². The fraction of sp³-hybridized carbons (Fsp3) is 0.263.